The number of thiophene rings is 1. The van der Waals surface area contributed by atoms with E-state index in [0.717, 1.165) is 12.8 Å². The zero-order valence-corrected chi connectivity index (χ0v) is 10.2. The number of benzene rings is 1. The number of hydrogen-bond acceptors (Lipinski definition) is 2. The first-order valence-electron chi connectivity index (χ1n) is 5.64. The quantitative estimate of drug-likeness (QED) is 0.798. The molecule has 0 bridgehead atoms. The highest BCUT2D eigenvalue weighted by Gasteiger charge is 2.37. The van der Waals surface area contributed by atoms with E-state index in [1.165, 1.54) is 20.9 Å². The first kappa shape index (κ1) is 10.1. The normalized spacial score (nSPS) is 23.4. The zero-order chi connectivity index (χ0) is 11.2. The van der Waals surface area contributed by atoms with E-state index in [9.17, 15) is 0 Å². The van der Waals surface area contributed by atoms with Crippen molar-refractivity contribution in [3.63, 3.8) is 0 Å². The summed E-state index contributed by atoms with van der Waals surface area (Å²) in [6.45, 7) is 2.14. The van der Waals surface area contributed by atoms with E-state index in [0.29, 0.717) is 0 Å². The lowest BCUT2D eigenvalue weighted by Gasteiger charge is -2.24. The van der Waals surface area contributed by atoms with Crippen molar-refractivity contribution < 1.29 is 0 Å². The molecule has 1 aliphatic carbocycles. The summed E-state index contributed by atoms with van der Waals surface area (Å²) in [7, 11) is 0. The summed E-state index contributed by atoms with van der Waals surface area (Å²) < 4.78 is 0. The van der Waals surface area contributed by atoms with E-state index in [4.69, 9.17) is 5.73 Å². The van der Waals surface area contributed by atoms with Crippen molar-refractivity contribution in [3.8, 4) is 0 Å². The highest BCUT2D eigenvalue weighted by molar-refractivity contribution is 7.12. The predicted molar refractivity (Wildman–Crippen MR) is 68.8 cm³/mol. The van der Waals surface area contributed by atoms with E-state index in [1.54, 1.807) is 0 Å². The lowest BCUT2D eigenvalue weighted by atomic mass is 9.91. The van der Waals surface area contributed by atoms with E-state index < -0.39 is 0 Å². The molecule has 0 saturated heterocycles. The number of nitrogens with two attached hydrogens (primary N) is 1. The molecule has 1 aliphatic rings. The van der Waals surface area contributed by atoms with Gasteiger partial charge in [0.25, 0.3) is 0 Å². The van der Waals surface area contributed by atoms with E-state index in [2.05, 4.69) is 43.3 Å². The Morgan fingerprint density at radius 2 is 2.00 bits per heavy atom. The lowest BCUT2D eigenvalue weighted by molar-refractivity contribution is 0.546. The van der Waals surface area contributed by atoms with Gasteiger partial charge in [-0.25, -0.2) is 0 Å². The highest BCUT2D eigenvalue weighted by Crippen LogP contribution is 2.42. The van der Waals surface area contributed by atoms with Crippen molar-refractivity contribution in [1.29, 1.82) is 0 Å². The van der Waals surface area contributed by atoms with Crippen LogP contribution in [-0.4, -0.2) is 0 Å². The molecule has 3 rings (SSSR count). The number of fused-ring (bicyclic) bond motifs is 1. The molecule has 0 aliphatic heterocycles. The van der Waals surface area contributed by atoms with Crippen LogP contribution in [0.15, 0.2) is 36.4 Å². The van der Waals surface area contributed by atoms with Crippen LogP contribution in [0.25, 0.3) is 0 Å². The van der Waals surface area contributed by atoms with Gasteiger partial charge in [-0.15, -0.1) is 11.3 Å². The van der Waals surface area contributed by atoms with E-state index >= 15 is 0 Å². The third-order valence-corrected chi connectivity index (χ3v) is 4.65. The Morgan fingerprint density at radius 1 is 1.19 bits per heavy atom. The molecule has 1 atom stereocenters. The Kier molecular flexibility index (Phi) is 2.16. The first-order chi connectivity index (χ1) is 7.70. The molecule has 2 N–H and O–H groups in total. The maximum atomic E-state index is 6.62. The number of aryl methyl sites for hydroxylation is 2. The van der Waals surface area contributed by atoms with Crippen molar-refractivity contribution in [1.82, 2.24) is 0 Å². The monoisotopic (exact) mass is 229 g/mol. The van der Waals surface area contributed by atoms with Gasteiger partial charge in [0.2, 0.25) is 0 Å². The summed E-state index contributed by atoms with van der Waals surface area (Å²) in [6, 6.07) is 12.9. The van der Waals surface area contributed by atoms with Gasteiger partial charge in [-0.2, -0.15) is 0 Å². The van der Waals surface area contributed by atoms with Gasteiger partial charge >= 0.3 is 0 Å². The fourth-order valence-corrected chi connectivity index (χ4v) is 3.58. The Morgan fingerprint density at radius 3 is 2.75 bits per heavy atom. The first-order valence-corrected chi connectivity index (χ1v) is 6.46. The maximum Gasteiger partial charge on any atom is 0.0765 e. The Bertz CT molecular complexity index is 529. The van der Waals surface area contributed by atoms with Gasteiger partial charge in [-0.3, -0.25) is 0 Å². The third-order valence-electron chi connectivity index (χ3n) is 3.47. The van der Waals surface area contributed by atoms with Crippen LogP contribution in [0.2, 0.25) is 0 Å². The van der Waals surface area contributed by atoms with Crippen LogP contribution >= 0.6 is 11.3 Å². The van der Waals surface area contributed by atoms with Crippen LogP contribution in [0.1, 0.15) is 27.3 Å². The van der Waals surface area contributed by atoms with E-state index in [-0.39, 0.29) is 5.54 Å². The molecule has 16 heavy (non-hydrogen) atoms. The predicted octanol–water partition coefficient (Wildman–Crippen LogP) is 3.21. The van der Waals surface area contributed by atoms with Gasteiger partial charge < -0.3 is 5.73 Å². The smallest absolute Gasteiger partial charge is 0.0765 e. The Hall–Kier alpha value is -1.12. The van der Waals surface area contributed by atoms with Crippen molar-refractivity contribution in [2.45, 2.75) is 25.3 Å². The van der Waals surface area contributed by atoms with Crippen molar-refractivity contribution in [2.75, 3.05) is 0 Å². The van der Waals surface area contributed by atoms with Crippen LogP contribution in [0, 0.1) is 6.92 Å². The summed E-state index contributed by atoms with van der Waals surface area (Å²) in [4.78, 5) is 2.64. The lowest BCUT2D eigenvalue weighted by Crippen LogP contribution is -2.34. The SMILES string of the molecule is Cc1ccc(C2(N)CCc3ccccc32)s1. The molecule has 1 aromatic carbocycles. The second-order valence-corrected chi connectivity index (χ2v) is 5.83. The molecule has 0 spiro atoms. The van der Waals surface area contributed by atoms with Gasteiger partial charge in [0.15, 0.2) is 0 Å². The number of rotatable bonds is 1. The summed E-state index contributed by atoms with van der Waals surface area (Å²) in [5.74, 6) is 0. The molecule has 0 radical (unpaired) electrons. The molecule has 0 fully saturated rings. The summed E-state index contributed by atoms with van der Waals surface area (Å²) in [5, 5.41) is 0. The number of hydrogen-bond donors (Lipinski definition) is 1. The second-order valence-electron chi connectivity index (χ2n) is 4.54. The highest BCUT2D eigenvalue weighted by atomic mass is 32.1. The molecule has 1 aromatic heterocycles. The van der Waals surface area contributed by atoms with Crippen molar-refractivity contribution in [3.05, 3.63) is 57.3 Å². The minimum atomic E-state index is -0.241. The summed E-state index contributed by atoms with van der Waals surface area (Å²) >= 11 is 1.82. The molecule has 2 aromatic rings. The molecule has 1 heterocycles. The minimum Gasteiger partial charge on any atom is -0.317 e. The van der Waals surface area contributed by atoms with Crippen molar-refractivity contribution in [2.24, 2.45) is 5.73 Å². The van der Waals surface area contributed by atoms with Crippen LogP contribution < -0.4 is 5.73 Å². The fraction of sp³-hybridized carbons (Fsp3) is 0.286. The van der Waals surface area contributed by atoms with Gasteiger partial charge in [0, 0.05) is 9.75 Å². The fourth-order valence-electron chi connectivity index (χ4n) is 2.57. The molecule has 0 amide bonds. The van der Waals surface area contributed by atoms with E-state index in [1.807, 2.05) is 11.3 Å². The molecular formula is C14H15NS. The molecular weight excluding hydrogens is 214 g/mol. The summed E-state index contributed by atoms with van der Waals surface area (Å²) in [5.41, 5.74) is 9.10. The standard InChI is InChI=1S/C14H15NS/c1-10-6-7-13(16-10)14(15)9-8-11-4-2-3-5-12(11)14/h2-7H,8-9,15H2,1H3. The summed E-state index contributed by atoms with van der Waals surface area (Å²) in [6.07, 6.45) is 2.13. The Balaban J connectivity index is 2.14. The zero-order valence-electron chi connectivity index (χ0n) is 9.36. The van der Waals surface area contributed by atoms with Crippen LogP contribution in [0.3, 0.4) is 0 Å². The average molecular weight is 229 g/mol. The van der Waals surface area contributed by atoms with Gasteiger partial charge in [0.05, 0.1) is 5.54 Å². The van der Waals surface area contributed by atoms with Gasteiger partial charge in [0.1, 0.15) is 0 Å². The van der Waals surface area contributed by atoms with Crippen molar-refractivity contribution >= 4 is 11.3 Å². The minimum absolute atomic E-state index is 0.241. The molecule has 2 heteroatoms. The Labute approximate surface area is 99.9 Å². The second kappa shape index (κ2) is 3.44. The largest absolute Gasteiger partial charge is 0.317 e. The maximum absolute atomic E-state index is 6.62. The molecule has 0 saturated carbocycles. The molecule has 1 unspecified atom stereocenters. The molecule has 1 nitrogen and oxygen atoms in total. The third kappa shape index (κ3) is 1.34. The van der Waals surface area contributed by atoms with Gasteiger partial charge in [-0.1, -0.05) is 24.3 Å². The van der Waals surface area contributed by atoms with Crippen LogP contribution in [0.4, 0.5) is 0 Å². The topological polar surface area (TPSA) is 26.0 Å². The van der Waals surface area contributed by atoms with Crippen LogP contribution in [-0.2, 0) is 12.0 Å². The average Bonchev–Trinajstić information content (AvgIpc) is 2.86. The molecule has 82 valence electrons. The van der Waals surface area contributed by atoms with Gasteiger partial charge in [-0.05, 0) is 43.0 Å². The van der Waals surface area contributed by atoms with Crippen LogP contribution in [0.5, 0.6) is 0 Å².